The molecule has 1 aliphatic heterocycles. The number of aromatic nitrogens is 2. The Morgan fingerprint density at radius 2 is 2.29 bits per heavy atom. The predicted octanol–water partition coefficient (Wildman–Crippen LogP) is 3.31. The van der Waals surface area contributed by atoms with E-state index in [1.165, 1.54) is 12.2 Å². The Morgan fingerprint density at radius 1 is 1.47 bits per heavy atom. The molecule has 17 heavy (non-hydrogen) atoms. The van der Waals surface area contributed by atoms with Crippen LogP contribution in [0, 0.1) is 6.92 Å². The molecule has 2 heterocycles. The van der Waals surface area contributed by atoms with E-state index in [4.69, 9.17) is 11.6 Å². The highest BCUT2D eigenvalue weighted by atomic mass is 35.5. The molecule has 1 atom stereocenters. The fourth-order valence-electron chi connectivity index (χ4n) is 1.85. The van der Waals surface area contributed by atoms with E-state index in [1.807, 2.05) is 18.7 Å². The second-order valence-corrected chi connectivity index (χ2v) is 5.87. The van der Waals surface area contributed by atoms with Gasteiger partial charge in [0.15, 0.2) is 0 Å². The molecule has 0 bridgehead atoms. The average Bonchev–Trinajstić information content (AvgIpc) is 2.78. The quantitative estimate of drug-likeness (QED) is 0.853. The van der Waals surface area contributed by atoms with E-state index in [0.717, 1.165) is 35.8 Å². The number of thioether (sulfide) groups is 1. The Balaban J connectivity index is 2.18. The molecule has 0 saturated carbocycles. The van der Waals surface area contributed by atoms with Gasteiger partial charge in [0.1, 0.15) is 16.8 Å². The van der Waals surface area contributed by atoms with Gasteiger partial charge in [-0.2, -0.15) is 11.8 Å². The molecule has 1 saturated heterocycles. The molecule has 5 heteroatoms. The zero-order valence-electron chi connectivity index (χ0n) is 10.3. The molecule has 1 unspecified atom stereocenters. The average molecular weight is 272 g/mol. The van der Waals surface area contributed by atoms with Crippen molar-refractivity contribution in [3.8, 4) is 0 Å². The highest BCUT2D eigenvalue weighted by Crippen LogP contribution is 2.25. The van der Waals surface area contributed by atoms with Crippen molar-refractivity contribution in [3.63, 3.8) is 0 Å². The Hall–Kier alpha value is -0.480. The van der Waals surface area contributed by atoms with Crippen LogP contribution in [0.15, 0.2) is 0 Å². The highest BCUT2D eigenvalue weighted by molar-refractivity contribution is 7.99. The van der Waals surface area contributed by atoms with Crippen LogP contribution in [0.4, 0.5) is 5.82 Å². The van der Waals surface area contributed by atoms with E-state index in [9.17, 15) is 0 Å². The minimum Gasteiger partial charge on any atom is -0.366 e. The van der Waals surface area contributed by atoms with Crippen molar-refractivity contribution < 1.29 is 0 Å². The molecule has 0 amide bonds. The fraction of sp³-hybridized carbons (Fsp3) is 0.667. The van der Waals surface area contributed by atoms with Crippen LogP contribution in [0.1, 0.15) is 31.2 Å². The van der Waals surface area contributed by atoms with Crippen molar-refractivity contribution in [3.05, 3.63) is 16.5 Å². The van der Waals surface area contributed by atoms with Crippen molar-refractivity contribution >= 4 is 29.2 Å². The number of nitrogens with one attached hydrogen (secondary N) is 1. The minimum absolute atomic E-state index is 0.527. The van der Waals surface area contributed by atoms with Gasteiger partial charge >= 0.3 is 0 Å². The normalized spacial score (nSPS) is 19.6. The molecular formula is C12H18ClN3S. The van der Waals surface area contributed by atoms with E-state index >= 15 is 0 Å². The van der Waals surface area contributed by atoms with Gasteiger partial charge < -0.3 is 5.32 Å². The zero-order valence-corrected chi connectivity index (χ0v) is 11.9. The number of aryl methyl sites for hydroxylation is 1. The molecule has 1 N–H and O–H groups in total. The number of nitrogens with zero attached hydrogens (tertiary/aromatic N) is 2. The molecule has 0 aromatic carbocycles. The number of halogens is 1. The summed E-state index contributed by atoms with van der Waals surface area (Å²) in [6.45, 7) is 4.10. The van der Waals surface area contributed by atoms with Crippen LogP contribution >= 0.6 is 23.4 Å². The summed E-state index contributed by atoms with van der Waals surface area (Å²) in [5.41, 5.74) is 0.961. The van der Waals surface area contributed by atoms with Crippen molar-refractivity contribution in [2.24, 2.45) is 0 Å². The van der Waals surface area contributed by atoms with Gasteiger partial charge in [-0.05, 0) is 25.5 Å². The first kappa shape index (κ1) is 13.0. The third-order valence-corrected chi connectivity index (χ3v) is 4.41. The molecule has 0 spiro atoms. The predicted molar refractivity (Wildman–Crippen MR) is 75.1 cm³/mol. The Labute approximate surface area is 112 Å². The molecule has 3 nitrogen and oxygen atoms in total. The van der Waals surface area contributed by atoms with E-state index in [2.05, 4.69) is 22.2 Å². The third kappa shape index (κ3) is 3.26. The monoisotopic (exact) mass is 271 g/mol. The largest absolute Gasteiger partial charge is 0.366 e. The second-order valence-electron chi connectivity index (χ2n) is 4.36. The van der Waals surface area contributed by atoms with Crippen LogP contribution in [0.5, 0.6) is 0 Å². The summed E-state index contributed by atoms with van der Waals surface area (Å²) < 4.78 is 0. The van der Waals surface area contributed by atoms with Gasteiger partial charge in [-0.3, -0.25) is 0 Å². The number of anilines is 1. The summed E-state index contributed by atoms with van der Waals surface area (Å²) in [5, 5.41) is 4.07. The van der Waals surface area contributed by atoms with Crippen molar-refractivity contribution in [2.45, 2.75) is 39.2 Å². The van der Waals surface area contributed by atoms with Crippen LogP contribution in [0.3, 0.4) is 0 Å². The molecule has 0 aliphatic carbocycles. The van der Waals surface area contributed by atoms with Gasteiger partial charge in [-0.25, -0.2) is 9.97 Å². The molecule has 1 aromatic rings. The van der Waals surface area contributed by atoms with E-state index in [-0.39, 0.29) is 0 Å². The highest BCUT2D eigenvalue weighted by Gasteiger charge is 2.18. The SMILES string of the molecule is CCCc1nc(Cl)c(C)c(NC2CCSC2)n1. The molecule has 0 radical (unpaired) electrons. The summed E-state index contributed by atoms with van der Waals surface area (Å²) >= 11 is 8.13. The first-order chi connectivity index (χ1) is 8.20. The first-order valence-corrected chi connectivity index (χ1v) is 7.61. The molecular weight excluding hydrogens is 254 g/mol. The van der Waals surface area contributed by atoms with Crippen molar-refractivity contribution in [2.75, 3.05) is 16.8 Å². The van der Waals surface area contributed by atoms with Gasteiger partial charge in [0.25, 0.3) is 0 Å². The van der Waals surface area contributed by atoms with E-state index < -0.39 is 0 Å². The summed E-state index contributed by atoms with van der Waals surface area (Å²) in [6.07, 6.45) is 3.13. The molecule has 1 fully saturated rings. The Bertz CT molecular complexity index is 392. The van der Waals surface area contributed by atoms with Crippen molar-refractivity contribution in [1.29, 1.82) is 0 Å². The summed E-state index contributed by atoms with van der Waals surface area (Å²) in [5.74, 6) is 4.15. The van der Waals surface area contributed by atoms with Crippen LogP contribution < -0.4 is 5.32 Å². The van der Waals surface area contributed by atoms with Gasteiger partial charge in [-0.15, -0.1) is 0 Å². The van der Waals surface area contributed by atoms with Gasteiger partial charge in [-0.1, -0.05) is 18.5 Å². The lowest BCUT2D eigenvalue weighted by Crippen LogP contribution is -2.20. The fourth-order valence-corrected chi connectivity index (χ4v) is 3.19. The van der Waals surface area contributed by atoms with Crippen LogP contribution in [-0.4, -0.2) is 27.5 Å². The summed E-state index contributed by atoms with van der Waals surface area (Å²) in [7, 11) is 0. The van der Waals surface area contributed by atoms with Crippen LogP contribution in [-0.2, 0) is 6.42 Å². The maximum atomic E-state index is 6.14. The van der Waals surface area contributed by atoms with E-state index in [1.54, 1.807) is 0 Å². The first-order valence-electron chi connectivity index (χ1n) is 6.08. The molecule has 2 rings (SSSR count). The summed E-state index contributed by atoms with van der Waals surface area (Å²) in [6, 6.07) is 0.527. The minimum atomic E-state index is 0.527. The van der Waals surface area contributed by atoms with Crippen LogP contribution in [0.2, 0.25) is 5.15 Å². The topological polar surface area (TPSA) is 37.8 Å². The Kier molecular flexibility index (Phi) is 4.51. The lowest BCUT2D eigenvalue weighted by molar-refractivity contribution is 0.787. The summed E-state index contributed by atoms with van der Waals surface area (Å²) in [4.78, 5) is 8.88. The second kappa shape index (κ2) is 5.91. The van der Waals surface area contributed by atoms with Gasteiger partial charge in [0.2, 0.25) is 0 Å². The zero-order chi connectivity index (χ0) is 12.3. The van der Waals surface area contributed by atoms with Gasteiger partial charge in [0.05, 0.1) is 0 Å². The van der Waals surface area contributed by atoms with E-state index in [0.29, 0.717) is 11.2 Å². The molecule has 94 valence electrons. The molecule has 1 aromatic heterocycles. The lowest BCUT2D eigenvalue weighted by atomic mass is 10.2. The molecule has 1 aliphatic rings. The number of rotatable bonds is 4. The third-order valence-electron chi connectivity index (χ3n) is 2.88. The standard InChI is InChI=1S/C12H18ClN3S/c1-3-4-10-15-11(13)8(2)12(16-10)14-9-5-6-17-7-9/h9H,3-7H2,1-2H3,(H,14,15,16). The smallest absolute Gasteiger partial charge is 0.137 e. The Morgan fingerprint density at radius 3 is 2.94 bits per heavy atom. The number of hydrogen-bond donors (Lipinski definition) is 1. The maximum Gasteiger partial charge on any atom is 0.137 e. The lowest BCUT2D eigenvalue weighted by Gasteiger charge is -2.15. The number of hydrogen-bond acceptors (Lipinski definition) is 4. The van der Waals surface area contributed by atoms with Gasteiger partial charge in [0, 0.05) is 23.8 Å². The maximum absolute atomic E-state index is 6.14. The van der Waals surface area contributed by atoms with Crippen LogP contribution in [0.25, 0.3) is 0 Å². The van der Waals surface area contributed by atoms with Crippen molar-refractivity contribution in [1.82, 2.24) is 9.97 Å².